The van der Waals surface area contributed by atoms with Crippen molar-refractivity contribution in [2.24, 2.45) is 0 Å². The number of hydrogen-bond acceptors (Lipinski definition) is 3. The highest BCUT2D eigenvalue weighted by atomic mass is 16.3. The van der Waals surface area contributed by atoms with Crippen LogP contribution in [0.2, 0.25) is 0 Å². The van der Waals surface area contributed by atoms with Gasteiger partial charge in [0.2, 0.25) is 5.91 Å². The minimum absolute atomic E-state index is 0.0981. The summed E-state index contributed by atoms with van der Waals surface area (Å²) in [6.07, 6.45) is 0.394. The van der Waals surface area contributed by atoms with E-state index in [2.05, 4.69) is 10.6 Å². The van der Waals surface area contributed by atoms with Gasteiger partial charge in [-0.2, -0.15) is 0 Å². The van der Waals surface area contributed by atoms with E-state index in [4.69, 9.17) is 0 Å². The Labute approximate surface area is 102 Å². The second kappa shape index (κ2) is 6.25. The monoisotopic (exact) mass is 236 g/mol. The molecule has 0 radical (unpaired) electrons. The number of para-hydroxylation sites is 1. The predicted molar refractivity (Wildman–Crippen MR) is 69.2 cm³/mol. The molecule has 0 aliphatic carbocycles. The number of phenolic OH excluding ortho intramolecular Hbond substituents is 1. The number of amides is 1. The minimum Gasteiger partial charge on any atom is -0.505 e. The van der Waals surface area contributed by atoms with Gasteiger partial charge in [-0.15, -0.1) is 0 Å². The Morgan fingerprint density at radius 3 is 2.76 bits per heavy atom. The van der Waals surface area contributed by atoms with Gasteiger partial charge >= 0.3 is 0 Å². The molecule has 1 aromatic carbocycles. The van der Waals surface area contributed by atoms with Gasteiger partial charge in [0.25, 0.3) is 0 Å². The van der Waals surface area contributed by atoms with Crippen LogP contribution in [0.15, 0.2) is 18.2 Å². The Morgan fingerprint density at radius 1 is 1.41 bits per heavy atom. The second-order valence-corrected chi connectivity index (χ2v) is 4.38. The van der Waals surface area contributed by atoms with Gasteiger partial charge < -0.3 is 15.7 Å². The highest BCUT2D eigenvalue weighted by molar-refractivity contribution is 5.92. The highest BCUT2D eigenvalue weighted by Crippen LogP contribution is 2.26. The Morgan fingerprint density at radius 2 is 2.12 bits per heavy atom. The Kier molecular flexibility index (Phi) is 4.97. The fourth-order valence-electron chi connectivity index (χ4n) is 1.45. The zero-order valence-corrected chi connectivity index (χ0v) is 10.6. The summed E-state index contributed by atoms with van der Waals surface area (Å²) in [5, 5.41) is 15.6. The van der Waals surface area contributed by atoms with Crippen molar-refractivity contribution < 1.29 is 9.90 Å². The molecule has 17 heavy (non-hydrogen) atoms. The maximum absolute atomic E-state index is 11.6. The third kappa shape index (κ3) is 4.44. The maximum atomic E-state index is 11.6. The Balaban J connectivity index is 2.48. The molecule has 0 atom stereocenters. The van der Waals surface area contributed by atoms with Crippen molar-refractivity contribution in [2.75, 3.05) is 11.9 Å². The number of aromatic hydroxyl groups is 1. The van der Waals surface area contributed by atoms with Crippen LogP contribution in [0.4, 0.5) is 5.69 Å². The molecule has 4 nitrogen and oxygen atoms in total. The maximum Gasteiger partial charge on any atom is 0.225 e. The molecule has 3 N–H and O–H groups in total. The van der Waals surface area contributed by atoms with Crippen LogP contribution in [0.3, 0.4) is 0 Å². The number of phenols is 1. The first kappa shape index (κ1) is 13.5. The van der Waals surface area contributed by atoms with Crippen LogP contribution in [0.1, 0.15) is 25.8 Å². The third-order valence-electron chi connectivity index (χ3n) is 2.42. The van der Waals surface area contributed by atoms with Gasteiger partial charge in [0.1, 0.15) is 5.75 Å². The van der Waals surface area contributed by atoms with Crippen LogP contribution in [-0.2, 0) is 4.79 Å². The van der Waals surface area contributed by atoms with Gasteiger partial charge in [0.15, 0.2) is 0 Å². The van der Waals surface area contributed by atoms with Crippen molar-refractivity contribution in [3.8, 4) is 5.75 Å². The first-order chi connectivity index (χ1) is 8.00. The number of benzene rings is 1. The van der Waals surface area contributed by atoms with Crippen LogP contribution < -0.4 is 10.6 Å². The highest BCUT2D eigenvalue weighted by Gasteiger charge is 2.07. The lowest BCUT2D eigenvalue weighted by Crippen LogP contribution is -2.27. The van der Waals surface area contributed by atoms with E-state index >= 15 is 0 Å². The topological polar surface area (TPSA) is 61.4 Å². The van der Waals surface area contributed by atoms with Gasteiger partial charge in [-0.3, -0.25) is 4.79 Å². The van der Waals surface area contributed by atoms with E-state index in [1.165, 1.54) is 0 Å². The number of rotatable bonds is 5. The van der Waals surface area contributed by atoms with E-state index in [9.17, 15) is 9.90 Å². The zero-order chi connectivity index (χ0) is 12.8. The summed E-state index contributed by atoms with van der Waals surface area (Å²) in [5.41, 5.74) is 1.22. The van der Waals surface area contributed by atoms with E-state index in [-0.39, 0.29) is 11.7 Å². The first-order valence-electron chi connectivity index (χ1n) is 5.82. The zero-order valence-electron chi connectivity index (χ0n) is 10.6. The lowest BCUT2D eigenvalue weighted by molar-refractivity contribution is -0.116. The van der Waals surface area contributed by atoms with Gasteiger partial charge in [-0.25, -0.2) is 0 Å². The molecule has 1 amide bonds. The molecule has 1 aromatic rings. The number of carbonyl (C=O) groups is 1. The molecule has 0 aliphatic rings. The number of aryl methyl sites for hydroxylation is 1. The summed E-state index contributed by atoms with van der Waals surface area (Å²) in [6, 6.07) is 5.66. The molecule has 0 aliphatic heterocycles. The van der Waals surface area contributed by atoms with Crippen LogP contribution >= 0.6 is 0 Å². The summed E-state index contributed by atoms with van der Waals surface area (Å²) in [7, 11) is 0. The first-order valence-corrected chi connectivity index (χ1v) is 5.82. The fourth-order valence-corrected chi connectivity index (χ4v) is 1.45. The third-order valence-corrected chi connectivity index (χ3v) is 2.42. The molecule has 0 spiro atoms. The van der Waals surface area contributed by atoms with Gasteiger partial charge in [-0.1, -0.05) is 26.0 Å². The van der Waals surface area contributed by atoms with E-state index in [1.54, 1.807) is 25.1 Å². The molecule has 1 rings (SSSR count). The molecular weight excluding hydrogens is 216 g/mol. The van der Waals surface area contributed by atoms with Gasteiger partial charge in [0, 0.05) is 19.0 Å². The van der Waals surface area contributed by atoms with E-state index < -0.39 is 0 Å². The fraction of sp³-hybridized carbons (Fsp3) is 0.462. The molecule has 94 valence electrons. The minimum atomic E-state index is -0.0981. The van der Waals surface area contributed by atoms with Gasteiger partial charge in [-0.05, 0) is 18.6 Å². The van der Waals surface area contributed by atoms with E-state index in [0.717, 1.165) is 5.56 Å². The quantitative estimate of drug-likeness (QED) is 0.685. The van der Waals surface area contributed by atoms with E-state index in [0.29, 0.717) is 24.7 Å². The van der Waals surface area contributed by atoms with Crippen molar-refractivity contribution in [3.63, 3.8) is 0 Å². The number of carbonyl (C=O) groups excluding carboxylic acids is 1. The van der Waals surface area contributed by atoms with Crippen LogP contribution in [0.25, 0.3) is 0 Å². The molecule has 0 saturated carbocycles. The molecule has 0 fully saturated rings. The Hall–Kier alpha value is -1.55. The van der Waals surface area contributed by atoms with Crippen molar-refractivity contribution in [3.05, 3.63) is 23.8 Å². The average Bonchev–Trinajstić information content (AvgIpc) is 2.24. The van der Waals surface area contributed by atoms with Crippen LogP contribution in [-0.4, -0.2) is 23.6 Å². The summed E-state index contributed by atoms with van der Waals surface area (Å²) >= 11 is 0. The molecule has 0 saturated heterocycles. The van der Waals surface area contributed by atoms with Crippen LogP contribution in [0, 0.1) is 6.92 Å². The summed E-state index contributed by atoms with van der Waals surface area (Å²) in [4.78, 5) is 11.6. The lowest BCUT2D eigenvalue weighted by atomic mass is 10.2. The van der Waals surface area contributed by atoms with Crippen molar-refractivity contribution >= 4 is 11.6 Å². The molecule has 4 heteroatoms. The molecule has 0 heterocycles. The summed E-state index contributed by atoms with van der Waals surface area (Å²) in [5.74, 6) is 0.0386. The molecular formula is C13H20N2O2. The number of hydrogen-bond donors (Lipinski definition) is 3. The summed E-state index contributed by atoms with van der Waals surface area (Å²) < 4.78 is 0. The SMILES string of the molecule is Cc1cccc(NC(=O)CCNC(C)C)c1O. The second-order valence-electron chi connectivity index (χ2n) is 4.38. The standard InChI is InChI=1S/C13H20N2O2/c1-9(2)14-8-7-12(16)15-11-6-4-5-10(3)13(11)17/h4-6,9,14,17H,7-8H2,1-3H3,(H,15,16). The van der Waals surface area contributed by atoms with Crippen molar-refractivity contribution in [2.45, 2.75) is 33.2 Å². The van der Waals surface area contributed by atoms with Gasteiger partial charge in [0.05, 0.1) is 5.69 Å². The number of nitrogens with one attached hydrogen (secondary N) is 2. The number of anilines is 1. The molecule has 0 aromatic heterocycles. The van der Waals surface area contributed by atoms with Crippen molar-refractivity contribution in [1.29, 1.82) is 0 Å². The lowest BCUT2D eigenvalue weighted by Gasteiger charge is -2.10. The predicted octanol–water partition coefficient (Wildman–Crippen LogP) is 2.03. The largest absolute Gasteiger partial charge is 0.505 e. The van der Waals surface area contributed by atoms with Crippen molar-refractivity contribution in [1.82, 2.24) is 5.32 Å². The van der Waals surface area contributed by atoms with Crippen LogP contribution in [0.5, 0.6) is 5.75 Å². The summed E-state index contributed by atoms with van der Waals surface area (Å²) in [6.45, 7) is 6.50. The van der Waals surface area contributed by atoms with E-state index in [1.807, 2.05) is 13.8 Å². The normalized spacial score (nSPS) is 10.6. The molecule has 0 bridgehead atoms. The Bertz CT molecular complexity index is 389. The molecule has 0 unspecified atom stereocenters. The smallest absolute Gasteiger partial charge is 0.225 e. The average molecular weight is 236 g/mol.